The number of nitrogens with zero attached hydrogens (tertiary/aromatic N) is 1. The molecule has 1 nitrogen and oxygen atoms in total. The Labute approximate surface area is 108 Å². The van der Waals surface area contributed by atoms with Crippen molar-refractivity contribution in [3.63, 3.8) is 0 Å². The molecule has 0 bridgehead atoms. The number of hydrogen-bond donors (Lipinski definition) is 0. The van der Waals surface area contributed by atoms with Gasteiger partial charge in [0.15, 0.2) is 0 Å². The van der Waals surface area contributed by atoms with E-state index in [0.29, 0.717) is 17.8 Å². The fourth-order valence-electron chi connectivity index (χ4n) is 2.75. The van der Waals surface area contributed by atoms with E-state index >= 15 is 0 Å². The zero-order valence-corrected chi connectivity index (χ0v) is 11.2. The fourth-order valence-corrected chi connectivity index (χ4v) is 2.97. The van der Waals surface area contributed by atoms with Crippen molar-refractivity contribution in [2.24, 2.45) is 5.92 Å². The first-order valence-electron chi connectivity index (χ1n) is 6.25. The van der Waals surface area contributed by atoms with Gasteiger partial charge in [0.05, 0.1) is 5.69 Å². The molecule has 1 atom stereocenters. The van der Waals surface area contributed by atoms with Crippen molar-refractivity contribution in [3.8, 4) is 0 Å². The standard InChI is InChI=1S/C14H19ClFN/c1-10(2)13-7-4-8-17(13)14-11(9-15)5-3-6-12(14)16/h3,5-6,10,13H,4,7-9H2,1-2H3. The molecule has 0 spiro atoms. The molecule has 0 radical (unpaired) electrons. The van der Waals surface area contributed by atoms with Crippen molar-refractivity contribution in [3.05, 3.63) is 29.6 Å². The van der Waals surface area contributed by atoms with Gasteiger partial charge in [-0.2, -0.15) is 0 Å². The smallest absolute Gasteiger partial charge is 0.146 e. The highest BCUT2D eigenvalue weighted by Crippen LogP contribution is 2.34. The monoisotopic (exact) mass is 255 g/mol. The van der Waals surface area contributed by atoms with Gasteiger partial charge in [-0.05, 0) is 30.4 Å². The molecule has 1 saturated heterocycles. The van der Waals surface area contributed by atoms with Crippen molar-refractivity contribution in [2.45, 2.75) is 38.6 Å². The summed E-state index contributed by atoms with van der Waals surface area (Å²) in [6.07, 6.45) is 2.28. The Morgan fingerprint density at radius 1 is 1.47 bits per heavy atom. The van der Waals surface area contributed by atoms with E-state index in [2.05, 4.69) is 18.7 Å². The molecule has 1 aromatic rings. The van der Waals surface area contributed by atoms with Crippen LogP contribution in [0.2, 0.25) is 0 Å². The third-order valence-corrected chi connectivity index (χ3v) is 3.86. The molecule has 0 N–H and O–H groups in total. The largest absolute Gasteiger partial charge is 0.366 e. The van der Waals surface area contributed by atoms with Crippen LogP contribution >= 0.6 is 11.6 Å². The summed E-state index contributed by atoms with van der Waals surface area (Å²) in [7, 11) is 0. The van der Waals surface area contributed by atoms with Gasteiger partial charge >= 0.3 is 0 Å². The summed E-state index contributed by atoms with van der Waals surface area (Å²) >= 11 is 5.92. The van der Waals surface area contributed by atoms with Gasteiger partial charge in [0, 0.05) is 18.5 Å². The molecule has 94 valence electrons. The molecule has 0 amide bonds. The maximum atomic E-state index is 14.0. The van der Waals surface area contributed by atoms with E-state index < -0.39 is 0 Å². The molecule has 1 aliphatic rings. The number of rotatable bonds is 3. The molecule has 0 aromatic heterocycles. The van der Waals surface area contributed by atoms with Crippen molar-refractivity contribution in [1.29, 1.82) is 0 Å². The Bertz CT molecular complexity index is 392. The average Bonchev–Trinajstić information content (AvgIpc) is 2.77. The van der Waals surface area contributed by atoms with Gasteiger partial charge in [-0.1, -0.05) is 26.0 Å². The first kappa shape index (κ1) is 12.7. The topological polar surface area (TPSA) is 3.24 Å². The molecule has 1 unspecified atom stereocenters. The number of benzene rings is 1. The molecule has 1 fully saturated rings. The SMILES string of the molecule is CC(C)C1CCCN1c1c(F)cccc1CCl. The second-order valence-electron chi connectivity index (χ2n) is 5.03. The van der Waals surface area contributed by atoms with Crippen molar-refractivity contribution in [1.82, 2.24) is 0 Å². The van der Waals surface area contributed by atoms with Crippen LogP contribution in [-0.2, 0) is 5.88 Å². The molecule has 2 rings (SSSR count). The third kappa shape index (κ3) is 2.42. The summed E-state index contributed by atoms with van der Waals surface area (Å²) in [6.45, 7) is 5.34. The van der Waals surface area contributed by atoms with E-state index in [1.165, 1.54) is 6.07 Å². The fraction of sp³-hybridized carbons (Fsp3) is 0.571. The van der Waals surface area contributed by atoms with E-state index in [1.54, 1.807) is 6.07 Å². The Morgan fingerprint density at radius 2 is 2.24 bits per heavy atom. The molecule has 1 aliphatic heterocycles. The predicted octanol–water partition coefficient (Wildman–Crippen LogP) is 4.19. The van der Waals surface area contributed by atoms with E-state index in [-0.39, 0.29) is 5.82 Å². The van der Waals surface area contributed by atoms with Crippen LogP contribution in [0.5, 0.6) is 0 Å². The molecular formula is C14H19ClFN. The predicted molar refractivity (Wildman–Crippen MR) is 71.2 cm³/mol. The van der Waals surface area contributed by atoms with Gasteiger partial charge in [0.2, 0.25) is 0 Å². The van der Waals surface area contributed by atoms with E-state index in [1.807, 2.05) is 6.07 Å². The Balaban J connectivity index is 2.39. The minimum atomic E-state index is -0.143. The van der Waals surface area contributed by atoms with Crippen molar-refractivity contribution in [2.75, 3.05) is 11.4 Å². The number of hydrogen-bond acceptors (Lipinski definition) is 1. The number of alkyl halides is 1. The van der Waals surface area contributed by atoms with Crippen LogP contribution in [-0.4, -0.2) is 12.6 Å². The lowest BCUT2D eigenvalue weighted by atomic mass is 10.0. The molecular weight excluding hydrogens is 237 g/mol. The van der Waals surface area contributed by atoms with Crippen LogP contribution in [0.1, 0.15) is 32.3 Å². The summed E-state index contributed by atoms with van der Waals surface area (Å²) in [5, 5.41) is 0. The summed E-state index contributed by atoms with van der Waals surface area (Å²) in [5.74, 6) is 0.769. The Morgan fingerprint density at radius 3 is 2.88 bits per heavy atom. The van der Waals surface area contributed by atoms with Crippen LogP contribution in [0, 0.1) is 11.7 Å². The van der Waals surface area contributed by atoms with E-state index in [4.69, 9.17) is 11.6 Å². The molecule has 1 aromatic carbocycles. The summed E-state index contributed by atoms with van der Waals surface area (Å²) < 4.78 is 14.0. The summed E-state index contributed by atoms with van der Waals surface area (Å²) in [6, 6.07) is 5.62. The highest BCUT2D eigenvalue weighted by atomic mass is 35.5. The van der Waals surface area contributed by atoms with Gasteiger partial charge in [-0.3, -0.25) is 0 Å². The van der Waals surface area contributed by atoms with Gasteiger partial charge in [-0.25, -0.2) is 4.39 Å². The molecule has 0 aliphatic carbocycles. The lowest BCUT2D eigenvalue weighted by Crippen LogP contribution is -2.34. The minimum absolute atomic E-state index is 0.143. The molecule has 17 heavy (non-hydrogen) atoms. The van der Waals surface area contributed by atoms with Crippen LogP contribution < -0.4 is 4.90 Å². The number of para-hydroxylation sites is 1. The minimum Gasteiger partial charge on any atom is -0.366 e. The van der Waals surface area contributed by atoms with Crippen molar-refractivity contribution < 1.29 is 4.39 Å². The van der Waals surface area contributed by atoms with Gasteiger partial charge in [-0.15, -0.1) is 11.6 Å². The lowest BCUT2D eigenvalue weighted by Gasteiger charge is -2.31. The van der Waals surface area contributed by atoms with Crippen LogP contribution in [0.25, 0.3) is 0 Å². The van der Waals surface area contributed by atoms with Gasteiger partial charge < -0.3 is 4.90 Å². The summed E-state index contributed by atoms with van der Waals surface area (Å²) in [4.78, 5) is 2.21. The average molecular weight is 256 g/mol. The Kier molecular flexibility index (Phi) is 3.93. The second kappa shape index (κ2) is 5.26. The quantitative estimate of drug-likeness (QED) is 0.732. The van der Waals surface area contributed by atoms with Crippen LogP contribution in [0.3, 0.4) is 0 Å². The first-order valence-corrected chi connectivity index (χ1v) is 6.78. The van der Waals surface area contributed by atoms with Gasteiger partial charge in [0.1, 0.15) is 5.82 Å². The highest BCUT2D eigenvalue weighted by molar-refractivity contribution is 6.17. The second-order valence-corrected chi connectivity index (χ2v) is 5.30. The normalized spacial score (nSPS) is 20.3. The first-order chi connectivity index (χ1) is 8.15. The zero-order chi connectivity index (χ0) is 12.4. The molecule has 0 saturated carbocycles. The van der Waals surface area contributed by atoms with E-state index in [0.717, 1.165) is 30.6 Å². The molecule has 1 heterocycles. The third-order valence-electron chi connectivity index (χ3n) is 3.57. The van der Waals surface area contributed by atoms with Crippen LogP contribution in [0.15, 0.2) is 18.2 Å². The number of halogens is 2. The lowest BCUT2D eigenvalue weighted by molar-refractivity contribution is 0.485. The Hall–Kier alpha value is -0.760. The number of anilines is 1. The maximum Gasteiger partial charge on any atom is 0.146 e. The summed E-state index contributed by atoms with van der Waals surface area (Å²) in [5.41, 5.74) is 1.62. The zero-order valence-electron chi connectivity index (χ0n) is 10.4. The van der Waals surface area contributed by atoms with Crippen molar-refractivity contribution >= 4 is 17.3 Å². The van der Waals surface area contributed by atoms with Gasteiger partial charge in [0.25, 0.3) is 0 Å². The maximum absolute atomic E-state index is 14.0. The van der Waals surface area contributed by atoms with Crippen LogP contribution in [0.4, 0.5) is 10.1 Å². The molecule has 3 heteroatoms. The highest BCUT2D eigenvalue weighted by Gasteiger charge is 2.30. The van der Waals surface area contributed by atoms with E-state index in [9.17, 15) is 4.39 Å².